The van der Waals surface area contributed by atoms with Crippen LogP contribution in [-0.2, 0) is 16.4 Å². The first kappa shape index (κ1) is 18.4. The van der Waals surface area contributed by atoms with E-state index >= 15 is 0 Å². The van der Waals surface area contributed by atoms with Crippen LogP contribution in [0, 0.1) is 0 Å². The van der Waals surface area contributed by atoms with Crippen LogP contribution < -0.4 is 10.1 Å². The van der Waals surface area contributed by atoms with Crippen molar-refractivity contribution in [3.8, 4) is 5.75 Å². The standard InChI is InChI=1S/C19H22N2O4S/c1-25-18-8-6-17(7-9-18)20-19(22)16-4-2-15(3-5-16)14-21-10-12-26(23,24)13-11-21/h2-9H,10-14H2,1H3,(H,20,22). The highest BCUT2D eigenvalue weighted by molar-refractivity contribution is 7.91. The molecule has 1 saturated heterocycles. The van der Waals surface area contributed by atoms with Gasteiger partial charge in [-0.3, -0.25) is 9.69 Å². The normalized spacial score (nSPS) is 16.8. The number of methoxy groups -OCH3 is 1. The van der Waals surface area contributed by atoms with Crippen molar-refractivity contribution in [2.45, 2.75) is 6.54 Å². The molecule has 0 spiro atoms. The van der Waals surface area contributed by atoms with E-state index < -0.39 is 9.84 Å². The van der Waals surface area contributed by atoms with Gasteiger partial charge in [0.15, 0.2) is 9.84 Å². The van der Waals surface area contributed by atoms with Gasteiger partial charge in [-0.25, -0.2) is 8.42 Å². The molecule has 6 nitrogen and oxygen atoms in total. The number of hydrogen-bond acceptors (Lipinski definition) is 5. The first-order chi connectivity index (χ1) is 12.4. The zero-order chi connectivity index (χ0) is 18.6. The number of hydrogen-bond donors (Lipinski definition) is 1. The van der Waals surface area contributed by atoms with Crippen molar-refractivity contribution in [2.75, 3.05) is 37.0 Å². The second-order valence-corrected chi connectivity index (χ2v) is 8.61. The molecule has 1 N–H and O–H groups in total. The third-order valence-corrected chi connectivity index (χ3v) is 6.02. The van der Waals surface area contributed by atoms with Crippen molar-refractivity contribution < 1.29 is 17.9 Å². The zero-order valence-corrected chi connectivity index (χ0v) is 15.5. The van der Waals surface area contributed by atoms with Gasteiger partial charge in [0.2, 0.25) is 0 Å². The van der Waals surface area contributed by atoms with E-state index in [-0.39, 0.29) is 17.4 Å². The van der Waals surface area contributed by atoms with Gasteiger partial charge in [0.1, 0.15) is 5.75 Å². The van der Waals surface area contributed by atoms with E-state index in [1.807, 2.05) is 12.1 Å². The van der Waals surface area contributed by atoms with E-state index in [0.29, 0.717) is 30.9 Å². The van der Waals surface area contributed by atoms with Crippen LogP contribution in [0.3, 0.4) is 0 Å². The fraction of sp³-hybridized carbons (Fsp3) is 0.316. The van der Waals surface area contributed by atoms with Crippen LogP contribution in [0.4, 0.5) is 5.69 Å². The lowest BCUT2D eigenvalue weighted by Crippen LogP contribution is -2.39. The number of carbonyl (C=O) groups is 1. The average molecular weight is 374 g/mol. The lowest BCUT2D eigenvalue weighted by atomic mass is 10.1. The second kappa shape index (κ2) is 7.88. The number of sulfone groups is 1. The van der Waals surface area contributed by atoms with E-state index in [1.54, 1.807) is 43.5 Å². The molecule has 0 aromatic heterocycles. The summed E-state index contributed by atoms with van der Waals surface area (Å²) in [5, 5.41) is 2.85. The molecule has 2 aromatic rings. The third kappa shape index (κ3) is 4.83. The van der Waals surface area contributed by atoms with Gasteiger partial charge < -0.3 is 10.1 Å². The molecule has 0 radical (unpaired) electrons. The van der Waals surface area contributed by atoms with E-state index in [1.165, 1.54) is 0 Å². The topological polar surface area (TPSA) is 75.7 Å². The maximum absolute atomic E-state index is 12.3. The maximum atomic E-state index is 12.3. The largest absolute Gasteiger partial charge is 0.497 e. The van der Waals surface area contributed by atoms with Crippen LogP contribution in [0.15, 0.2) is 48.5 Å². The summed E-state index contributed by atoms with van der Waals surface area (Å²) in [6.45, 7) is 1.81. The van der Waals surface area contributed by atoms with Crippen LogP contribution in [0.2, 0.25) is 0 Å². The van der Waals surface area contributed by atoms with Crippen LogP contribution in [0.25, 0.3) is 0 Å². The fourth-order valence-corrected chi connectivity index (χ4v) is 4.08. The van der Waals surface area contributed by atoms with E-state index in [0.717, 1.165) is 11.3 Å². The van der Waals surface area contributed by atoms with E-state index in [9.17, 15) is 13.2 Å². The van der Waals surface area contributed by atoms with Crippen LogP contribution in [0.5, 0.6) is 5.75 Å². The molecule has 1 aliphatic heterocycles. The lowest BCUT2D eigenvalue weighted by Gasteiger charge is -2.26. The number of nitrogens with one attached hydrogen (secondary N) is 1. The summed E-state index contributed by atoms with van der Waals surface area (Å²) in [4.78, 5) is 14.4. The van der Waals surface area contributed by atoms with Gasteiger partial charge in [-0.15, -0.1) is 0 Å². The van der Waals surface area contributed by atoms with Crippen molar-refractivity contribution in [3.05, 3.63) is 59.7 Å². The molecule has 1 aliphatic rings. The van der Waals surface area contributed by atoms with Gasteiger partial charge in [-0.05, 0) is 42.0 Å². The molecular weight excluding hydrogens is 352 g/mol. The van der Waals surface area contributed by atoms with Gasteiger partial charge in [-0.2, -0.15) is 0 Å². The van der Waals surface area contributed by atoms with Crippen molar-refractivity contribution in [2.24, 2.45) is 0 Å². The van der Waals surface area contributed by atoms with Crippen molar-refractivity contribution in [1.82, 2.24) is 4.90 Å². The number of rotatable bonds is 5. The Hall–Kier alpha value is -2.38. The predicted octanol–water partition coefficient (Wildman–Crippen LogP) is 2.18. The third-order valence-electron chi connectivity index (χ3n) is 4.41. The molecule has 1 amide bonds. The first-order valence-electron chi connectivity index (χ1n) is 8.42. The van der Waals surface area contributed by atoms with Gasteiger partial charge in [0, 0.05) is 30.9 Å². The van der Waals surface area contributed by atoms with E-state index in [4.69, 9.17) is 4.74 Å². The molecule has 7 heteroatoms. The Balaban J connectivity index is 1.57. The Labute approximate surface area is 153 Å². The fourth-order valence-electron chi connectivity index (χ4n) is 2.81. The molecule has 3 rings (SSSR count). The highest BCUT2D eigenvalue weighted by Gasteiger charge is 2.21. The minimum absolute atomic E-state index is 0.175. The van der Waals surface area contributed by atoms with Crippen LogP contribution >= 0.6 is 0 Å². The Bertz CT molecular complexity index is 847. The Morgan fingerprint density at radius 2 is 1.65 bits per heavy atom. The molecule has 26 heavy (non-hydrogen) atoms. The number of benzene rings is 2. The van der Waals surface area contributed by atoms with Crippen LogP contribution in [0.1, 0.15) is 15.9 Å². The molecule has 0 atom stereocenters. The van der Waals surface area contributed by atoms with Crippen molar-refractivity contribution in [3.63, 3.8) is 0 Å². The smallest absolute Gasteiger partial charge is 0.255 e. The number of anilines is 1. The number of ether oxygens (including phenoxy) is 1. The average Bonchev–Trinajstić information content (AvgIpc) is 2.65. The van der Waals surface area contributed by atoms with Gasteiger partial charge >= 0.3 is 0 Å². The summed E-state index contributed by atoms with van der Waals surface area (Å²) in [5.41, 5.74) is 2.34. The lowest BCUT2D eigenvalue weighted by molar-refractivity contribution is 0.102. The summed E-state index contributed by atoms with van der Waals surface area (Å²) in [5.74, 6) is 0.994. The Kier molecular flexibility index (Phi) is 5.58. The number of amides is 1. The summed E-state index contributed by atoms with van der Waals surface area (Å²) in [6.07, 6.45) is 0. The number of nitrogens with zero attached hydrogens (tertiary/aromatic N) is 1. The quantitative estimate of drug-likeness (QED) is 0.868. The zero-order valence-electron chi connectivity index (χ0n) is 14.6. The van der Waals surface area contributed by atoms with Gasteiger partial charge in [0.25, 0.3) is 5.91 Å². The molecule has 0 unspecified atom stereocenters. The first-order valence-corrected chi connectivity index (χ1v) is 10.2. The summed E-state index contributed by atoms with van der Waals surface area (Å²) >= 11 is 0. The molecule has 2 aromatic carbocycles. The van der Waals surface area contributed by atoms with Crippen LogP contribution in [-0.4, -0.2) is 50.9 Å². The van der Waals surface area contributed by atoms with E-state index in [2.05, 4.69) is 10.2 Å². The monoisotopic (exact) mass is 374 g/mol. The second-order valence-electron chi connectivity index (χ2n) is 6.31. The molecule has 138 valence electrons. The molecule has 1 heterocycles. The summed E-state index contributed by atoms with van der Waals surface area (Å²) in [6, 6.07) is 14.5. The molecule has 0 bridgehead atoms. The predicted molar refractivity (Wildman–Crippen MR) is 101 cm³/mol. The molecular formula is C19H22N2O4S. The molecule has 0 saturated carbocycles. The summed E-state index contributed by atoms with van der Waals surface area (Å²) < 4.78 is 28.0. The van der Waals surface area contributed by atoms with Crippen molar-refractivity contribution in [1.29, 1.82) is 0 Å². The number of carbonyl (C=O) groups excluding carboxylic acids is 1. The minimum atomic E-state index is -2.86. The van der Waals surface area contributed by atoms with Gasteiger partial charge in [-0.1, -0.05) is 12.1 Å². The van der Waals surface area contributed by atoms with Gasteiger partial charge in [0.05, 0.1) is 18.6 Å². The Morgan fingerprint density at radius 1 is 1.04 bits per heavy atom. The SMILES string of the molecule is COc1ccc(NC(=O)c2ccc(CN3CCS(=O)(=O)CC3)cc2)cc1. The molecule has 0 aliphatic carbocycles. The highest BCUT2D eigenvalue weighted by atomic mass is 32.2. The summed E-state index contributed by atoms with van der Waals surface area (Å²) in [7, 11) is -1.27. The Morgan fingerprint density at radius 3 is 2.23 bits per heavy atom. The minimum Gasteiger partial charge on any atom is -0.497 e. The van der Waals surface area contributed by atoms with Crippen molar-refractivity contribution >= 4 is 21.4 Å². The molecule has 1 fully saturated rings. The maximum Gasteiger partial charge on any atom is 0.255 e. The highest BCUT2D eigenvalue weighted by Crippen LogP contribution is 2.16.